The molecule has 0 saturated carbocycles. The Balaban J connectivity index is 1.67. The molecule has 4 rings (SSSR count). The van der Waals surface area contributed by atoms with E-state index in [0.717, 1.165) is 22.2 Å². The molecule has 2 N–H and O–H groups in total. The van der Waals surface area contributed by atoms with Crippen molar-refractivity contribution < 1.29 is 14.6 Å². The minimum atomic E-state index is -0.276. The first-order valence-electron chi connectivity index (χ1n) is 8.87. The number of H-pyrrole nitrogens is 1. The van der Waals surface area contributed by atoms with Gasteiger partial charge in [0.15, 0.2) is 0 Å². The van der Waals surface area contributed by atoms with Gasteiger partial charge in [0, 0.05) is 41.9 Å². The monoisotopic (exact) mass is 420 g/mol. The normalized spacial score (nSPS) is 16.3. The fraction of sp³-hybridized carbons (Fsp3) is 0.316. The Morgan fingerprint density at radius 1 is 1.39 bits per heavy atom. The number of hydrogen-bond acceptors (Lipinski definition) is 5. The smallest absolute Gasteiger partial charge is 0.292 e. The van der Waals surface area contributed by atoms with Crippen LogP contribution in [0.5, 0.6) is 5.88 Å². The average molecular weight is 421 g/mol. The summed E-state index contributed by atoms with van der Waals surface area (Å²) in [6, 6.07) is 5.05. The molecule has 3 heterocycles. The summed E-state index contributed by atoms with van der Waals surface area (Å²) in [6.07, 6.45) is 2.13. The molecule has 2 aromatic heterocycles. The summed E-state index contributed by atoms with van der Waals surface area (Å²) in [5.74, 6) is 0.0416. The summed E-state index contributed by atoms with van der Waals surface area (Å²) in [4.78, 5) is 26.4. The first-order chi connectivity index (χ1) is 13.5. The van der Waals surface area contributed by atoms with E-state index in [2.05, 4.69) is 15.0 Å². The van der Waals surface area contributed by atoms with E-state index in [1.54, 1.807) is 17.0 Å². The number of ether oxygens (including phenoxy) is 1. The Bertz CT molecular complexity index is 1050. The summed E-state index contributed by atoms with van der Waals surface area (Å²) in [5.41, 5.74) is 2.87. The molecule has 28 heavy (non-hydrogen) atoms. The third kappa shape index (κ3) is 3.19. The molecule has 0 radical (unpaired) electrons. The molecule has 7 nitrogen and oxygen atoms in total. The van der Waals surface area contributed by atoms with Gasteiger partial charge in [-0.25, -0.2) is 4.98 Å². The summed E-state index contributed by atoms with van der Waals surface area (Å²) in [7, 11) is 0. The molecule has 0 unspecified atom stereocenters. The van der Waals surface area contributed by atoms with Gasteiger partial charge in [0.1, 0.15) is 6.61 Å². The lowest BCUT2D eigenvalue weighted by molar-refractivity contribution is 0.0664. The Morgan fingerprint density at radius 2 is 2.21 bits per heavy atom. The molecular weight excluding hydrogens is 403 g/mol. The number of halogens is 2. The Hall–Kier alpha value is -2.35. The number of benzene rings is 1. The van der Waals surface area contributed by atoms with E-state index in [-0.39, 0.29) is 36.9 Å². The van der Waals surface area contributed by atoms with Crippen molar-refractivity contribution in [3.8, 4) is 5.88 Å². The van der Waals surface area contributed by atoms with Gasteiger partial charge in [-0.15, -0.1) is 0 Å². The number of aromatic nitrogens is 3. The van der Waals surface area contributed by atoms with Gasteiger partial charge < -0.3 is 19.7 Å². The quantitative estimate of drug-likeness (QED) is 0.674. The number of carbonyl (C=O) groups is 1. The Morgan fingerprint density at radius 3 is 3.00 bits per heavy atom. The standard InChI is InChI=1S/C19H18Cl2N4O3/c1-10-15-11-2-3-12(20)16(21)17(11)23-13(15)5-7-25(10)19(27)18-22-6-4-14(24-18)28-9-8-26/h2-4,6,10,23,26H,5,7-9H2,1H3/t10-/m1/s1. The molecule has 3 aromatic rings. The number of aromatic amines is 1. The second-order valence-electron chi connectivity index (χ2n) is 6.52. The van der Waals surface area contributed by atoms with Gasteiger partial charge in [-0.3, -0.25) is 4.79 Å². The highest BCUT2D eigenvalue weighted by atomic mass is 35.5. The largest absolute Gasteiger partial charge is 0.475 e. The number of nitrogens with zero attached hydrogens (tertiary/aromatic N) is 3. The lowest BCUT2D eigenvalue weighted by atomic mass is 9.97. The van der Waals surface area contributed by atoms with E-state index in [0.29, 0.717) is 23.0 Å². The molecule has 1 amide bonds. The van der Waals surface area contributed by atoms with E-state index in [1.165, 1.54) is 6.20 Å². The summed E-state index contributed by atoms with van der Waals surface area (Å²) < 4.78 is 5.28. The van der Waals surface area contributed by atoms with Crippen LogP contribution in [0, 0.1) is 0 Å². The number of rotatable bonds is 4. The van der Waals surface area contributed by atoms with Crippen LogP contribution in [-0.2, 0) is 6.42 Å². The zero-order chi connectivity index (χ0) is 19.8. The molecule has 1 aliphatic rings. The molecule has 0 spiro atoms. The molecule has 146 valence electrons. The first-order valence-corrected chi connectivity index (χ1v) is 9.63. The number of amides is 1. The second kappa shape index (κ2) is 7.58. The molecule has 0 aliphatic carbocycles. The Labute approximate surface area is 171 Å². The first kappa shape index (κ1) is 19.0. The van der Waals surface area contributed by atoms with Gasteiger partial charge in [-0.1, -0.05) is 29.3 Å². The molecule has 0 bridgehead atoms. The maximum atomic E-state index is 13.1. The number of aliphatic hydroxyl groups is 1. The maximum Gasteiger partial charge on any atom is 0.292 e. The number of carbonyl (C=O) groups excluding carboxylic acids is 1. The third-order valence-electron chi connectivity index (χ3n) is 4.90. The van der Waals surface area contributed by atoms with Crippen molar-refractivity contribution in [2.45, 2.75) is 19.4 Å². The lowest BCUT2D eigenvalue weighted by Gasteiger charge is -2.33. The van der Waals surface area contributed by atoms with E-state index in [4.69, 9.17) is 33.0 Å². The molecule has 1 aromatic carbocycles. The summed E-state index contributed by atoms with van der Waals surface area (Å²) in [5, 5.41) is 10.8. The van der Waals surface area contributed by atoms with Crippen LogP contribution < -0.4 is 4.74 Å². The van der Waals surface area contributed by atoms with Gasteiger partial charge >= 0.3 is 0 Å². The predicted molar refractivity (Wildman–Crippen MR) is 106 cm³/mol. The molecule has 1 aliphatic heterocycles. The van der Waals surface area contributed by atoms with Crippen LogP contribution in [0.15, 0.2) is 24.4 Å². The third-order valence-corrected chi connectivity index (χ3v) is 5.70. The van der Waals surface area contributed by atoms with Crippen LogP contribution >= 0.6 is 23.2 Å². The fourth-order valence-electron chi connectivity index (χ4n) is 3.62. The van der Waals surface area contributed by atoms with Crippen molar-refractivity contribution in [3.63, 3.8) is 0 Å². The zero-order valence-electron chi connectivity index (χ0n) is 15.1. The van der Waals surface area contributed by atoms with Crippen molar-refractivity contribution in [2.75, 3.05) is 19.8 Å². The van der Waals surface area contributed by atoms with Crippen molar-refractivity contribution in [2.24, 2.45) is 0 Å². The highest BCUT2D eigenvalue weighted by Gasteiger charge is 2.33. The van der Waals surface area contributed by atoms with Crippen molar-refractivity contribution in [1.82, 2.24) is 19.9 Å². The van der Waals surface area contributed by atoms with Gasteiger partial charge in [-0.05, 0) is 13.0 Å². The van der Waals surface area contributed by atoms with E-state index >= 15 is 0 Å². The highest BCUT2D eigenvalue weighted by molar-refractivity contribution is 6.45. The molecule has 9 heteroatoms. The Kier molecular flexibility index (Phi) is 5.14. The SMILES string of the molecule is C[C@@H]1c2c([nH]c3c(Cl)c(Cl)ccc23)CCN1C(=O)c1nccc(OCCO)n1. The van der Waals surface area contributed by atoms with Gasteiger partial charge in [-0.2, -0.15) is 4.98 Å². The van der Waals surface area contributed by atoms with Crippen LogP contribution in [0.1, 0.15) is 34.8 Å². The summed E-state index contributed by atoms with van der Waals surface area (Å²) in [6.45, 7) is 2.47. The van der Waals surface area contributed by atoms with Crippen LogP contribution in [-0.4, -0.2) is 50.6 Å². The van der Waals surface area contributed by atoms with Crippen LogP contribution in [0.4, 0.5) is 0 Å². The number of hydrogen-bond donors (Lipinski definition) is 2. The molecule has 0 fully saturated rings. The maximum absolute atomic E-state index is 13.1. The predicted octanol–water partition coefficient (Wildman–Crippen LogP) is 3.40. The molecule has 0 saturated heterocycles. The van der Waals surface area contributed by atoms with Gasteiger partial charge in [0.2, 0.25) is 11.7 Å². The number of fused-ring (bicyclic) bond motifs is 3. The molecular formula is C19H18Cl2N4O3. The second-order valence-corrected chi connectivity index (χ2v) is 7.30. The van der Waals surface area contributed by atoms with Crippen molar-refractivity contribution in [3.05, 3.63) is 51.5 Å². The van der Waals surface area contributed by atoms with Crippen molar-refractivity contribution >= 4 is 40.0 Å². The minimum absolute atomic E-state index is 0.0617. The minimum Gasteiger partial charge on any atom is -0.475 e. The zero-order valence-corrected chi connectivity index (χ0v) is 16.6. The van der Waals surface area contributed by atoms with Crippen LogP contribution in [0.25, 0.3) is 10.9 Å². The van der Waals surface area contributed by atoms with Gasteiger partial charge in [0.25, 0.3) is 5.91 Å². The topological polar surface area (TPSA) is 91.3 Å². The van der Waals surface area contributed by atoms with E-state index in [9.17, 15) is 4.79 Å². The fourth-order valence-corrected chi connectivity index (χ4v) is 3.99. The highest BCUT2D eigenvalue weighted by Crippen LogP contribution is 2.40. The van der Waals surface area contributed by atoms with Crippen LogP contribution in [0.2, 0.25) is 10.0 Å². The van der Waals surface area contributed by atoms with E-state index in [1.807, 2.05) is 13.0 Å². The van der Waals surface area contributed by atoms with E-state index < -0.39 is 0 Å². The average Bonchev–Trinajstić information content (AvgIpc) is 3.09. The number of nitrogens with one attached hydrogen (secondary N) is 1. The molecule has 1 atom stereocenters. The lowest BCUT2D eigenvalue weighted by Crippen LogP contribution is -2.39. The van der Waals surface area contributed by atoms with Crippen LogP contribution in [0.3, 0.4) is 0 Å². The van der Waals surface area contributed by atoms with Crippen molar-refractivity contribution in [1.29, 1.82) is 0 Å². The summed E-state index contributed by atoms with van der Waals surface area (Å²) >= 11 is 12.5. The van der Waals surface area contributed by atoms with Gasteiger partial charge in [0.05, 0.1) is 28.2 Å². The number of aliphatic hydroxyl groups excluding tert-OH is 1.